The van der Waals surface area contributed by atoms with E-state index in [0.717, 1.165) is 30.6 Å². The summed E-state index contributed by atoms with van der Waals surface area (Å²) in [6.45, 7) is 2.99. The quantitative estimate of drug-likeness (QED) is 0.552. The van der Waals surface area contributed by atoms with E-state index in [2.05, 4.69) is 10.2 Å². The maximum Gasteiger partial charge on any atom is 0.352 e. The number of phenolic OH excluding ortho intramolecular Hbond substituents is 1. The molecule has 3 heterocycles. The lowest BCUT2D eigenvalue weighted by atomic mass is 9.50. The van der Waals surface area contributed by atoms with Gasteiger partial charge in [-0.25, -0.2) is 4.79 Å². The number of hydrogen-bond acceptors (Lipinski definition) is 9. The molecule has 182 valence electrons. The van der Waals surface area contributed by atoms with E-state index in [1.807, 2.05) is 13.1 Å². The third-order valence-corrected chi connectivity index (χ3v) is 8.54. The predicted molar refractivity (Wildman–Crippen MR) is 119 cm³/mol. The van der Waals surface area contributed by atoms with Gasteiger partial charge in [0.05, 0.1) is 11.0 Å². The number of likely N-dealkylation sites (N-methyl/N-ethyl adjacent to an activating group) is 1. The summed E-state index contributed by atoms with van der Waals surface area (Å²) in [6, 6.07) is 3.00. The fraction of sp³-hybridized carbons (Fsp3) is 0.600. The smallest absolute Gasteiger partial charge is 0.352 e. The monoisotopic (exact) mass is 470 g/mol. The van der Waals surface area contributed by atoms with Crippen molar-refractivity contribution < 1.29 is 34.0 Å². The van der Waals surface area contributed by atoms with E-state index in [4.69, 9.17) is 14.2 Å². The molecular weight excluding hydrogens is 440 g/mol. The van der Waals surface area contributed by atoms with Crippen LogP contribution in [0.5, 0.6) is 11.5 Å². The number of nitrogens with zero attached hydrogens (tertiary/aromatic N) is 1. The molecule has 3 N–H and O–H groups in total. The van der Waals surface area contributed by atoms with Crippen molar-refractivity contribution in [2.24, 2.45) is 0 Å². The molecule has 5 aliphatic rings. The minimum Gasteiger partial charge on any atom is -0.504 e. The largest absolute Gasteiger partial charge is 0.504 e. The van der Waals surface area contributed by atoms with Crippen molar-refractivity contribution in [1.29, 1.82) is 0 Å². The van der Waals surface area contributed by atoms with Crippen LogP contribution in [0.4, 0.5) is 0 Å². The van der Waals surface area contributed by atoms with Gasteiger partial charge in [0.2, 0.25) is 0 Å². The Morgan fingerprint density at radius 1 is 1.35 bits per heavy atom. The minimum absolute atomic E-state index is 0.0132. The minimum atomic E-state index is -1.13. The molecule has 2 fully saturated rings. The van der Waals surface area contributed by atoms with Gasteiger partial charge in [0.1, 0.15) is 11.8 Å². The average molecular weight is 471 g/mol. The van der Waals surface area contributed by atoms with Crippen LogP contribution < -0.4 is 10.1 Å². The molecule has 0 saturated carbocycles. The van der Waals surface area contributed by atoms with Crippen LogP contribution in [0.2, 0.25) is 0 Å². The van der Waals surface area contributed by atoms with Crippen molar-refractivity contribution in [3.8, 4) is 11.5 Å². The number of phenols is 1. The van der Waals surface area contributed by atoms with Gasteiger partial charge in [-0.15, -0.1) is 0 Å². The Labute approximate surface area is 197 Å². The summed E-state index contributed by atoms with van der Waals surface area (Å²) in [6.07, 6.45) is 2.98. The van der Waals surface area contributed by atoms with E-state index >= 15 is 0 Å². The van der Waals surface area contributed by atoms with Crippen LogP contribution in [0.1, 0.15) is 43.7 Å². The Morgan fingerprint density at radius 2 is 2.18 bits per heavy atom. The lowest BCUT2D eigenvalue weighted by Gasteiger charge is -2.61. The number of esters is 2. The number of carbonyl (C=O) groups excluding carboxylic acids is 2. The summed E-state index contributed by atoms with van der Waals surface area (Å²) in [4.78, 5) is 27.4. The number of rotatable bonds is 4. The molecule has 2 saturated heterocycles. The molecule has 0 amide bonds. The highest BCUT2D eigenvalue weighted by Gasteiger charge is 2.72. The predicted octanol–water partition coefficient (Wildman–Crippen LogP) is 0.897. The average Bonchev–Trinajstić information content (AvgIpc) is 3.46. The van der Waals surface area contributed by atoms with Crippen molar-refractivity contribution in [2.45, 2.75) is 74.3 Å². The van der Waals surface area contributed by atoms with Crippen molar-refractivity contribution >= 4 is 11.9 Å². The molecule has 1 aromatic carbocycles. The molecule has 6 atom stereocenters. The van der Waals surface area contributed by atoms with Gasteiger partial charge in [-0.3, -0.25) is 4.79 Å². The number of ether oxygens (including phenoxy) is 3. The third-order valence-electron chi connectivity index (χ3n) is 8.54. The molecule has 1 spiro atoms. The molecule has 3 aliphatic heterocycles. The fourth-order valence-corrected chi connectivity index (χ4v) is 6.83. The van der Waals surface area contributed by atoms with Gasteiger partial charge in [-0.05, 0) is 70.5 Å². The molecule has 0 aromatic heterocycles. The van der Waals surface area contributed by atoms with Crippen LogP contribution in [-0.4, -0.2) is 77.1 Å². The number of aromatic hydroxyl groups is 1. The summed E-state index contributed by atoms with van der Waals surface area (Å²) < 4.78 is 17.4. The van der Waals surface area contributed by atoms with Gasteiger partial charge in [0.15, 0.2) is 23.7 Å². The molecule has 0 radical (unpaired) electrons. The number of carbonyl (C=O) groups is 2. The highest BCUT2D eigenvalue weighted by atomic mass is 16.6. The fourth-order valence-electron chi connectivity index (χ4n) is 6.83. The van der Waals surface area contributed by atoms with Crippen LogP contribution in [0.3, 0.4) is 0 Å². The van der Waals surface area contributed by atoms with Gasteiger partial charge < -0.3 is 34.6 Å². The molecule has 2 bridgehead atoms. The number of likely N-dealkylation sites (tertiary alicyclic amines) is 1. The zero-order valence-electron chi connectivity index (χ0n) is 19.4. The van der Waals surface area contributed by atoms with Gasteiger partial charge >= 0.3 is 11.9 Å². The van der Waals surface area contributed by atoms with Gasteiger partial charge in [0, 0.05) is 18.0 Å². The second-order valence-corrected chi connectivity index (χ2v) is 10.3. The second kappa shape index (κ2) is 7.44. The molecule has 2 aliphatic carbocycles. The Hall–Kier alpha value is -2.62. The number of aliphatic hydroxyl groups is 1. The Morgan fingerprint density at radius 3 is 2.94 bits per heavy atom. The van der Waals surface area contributed by atoms with Crippen LogP contribution in [-0.2, 0) is 30.9 Å². The van der Waals surface area contributed by atoms with Crippen molar-refractivity contribution in [1.82, 2.24) is 10.2 Å². The van der Waals surface area contributed by atoms with Crippen molar-refractivity contribution in [3.63, 3.8) is 0 Å². The normalized spacial score (nSPS) is 36.2. The van der Waals surface area contributed by atoms with E-state index < -0.39 is 41.2 Å². The lowest BCUT2D eigenvalue weighted by Crippen LogP contribution is -2.74. The summed E-state index contributed by atoms with van der Waals surface area (Å²) in [7, 11) is 2.02. The SMILES string of the molecule is C[C@H](OC(=O)[C@@H]1CCCN1)C(=O)OC1=CC[C@@]2(O)[C@H]3Cc4ccc(O)c5c4C2(CCN3C)C1O5. The standard InChI is InChI=1S/C25H30N2O7/c1-13(32-23(30)15-4-3-10-26-15)22(29)33-17-7-8-25(31)18-12-14-5-6-16(28)20-19(14)24(25,21(17)34-20)9-11-27(18)2/h5-7,13,15,18,21,26,28,31H,3-4,8-12H2,1-2H3/t13-,15-,18+,21?,24?,25+/m0/s1. The summed E-state index contributed by atoms with van der Waals surface area (Å²) >= 11 is 0. The van der Waals surface area contributed by atoms with Gasteiger partial charge in [-0.2, -0.15) is 0 Å². The van der Waals surface area contributed by atoms with Crippen LogP contribution in [0.15, 0.2) is 24.0 Å². The first-order chi connectivity index (χ1) is 16.3. The zero-order chi connectivity index (χ0) is 23.8. The molecule has 34 heavy (non-hydrogen) atoms. The number of piperidine rings is 1. The first-order valence-corrected chi connectivity index (χ1v) is 12.1. The molecule has 1 aromatic rings. The van der Waals surface area contributed by atoms with Gasteiger partial charge in [-0.1, -0.05) is 6.07 Å². The van der Waals surface area contributed by atoms with Crippen LogP contribution >= 0.6 is 0 Å². The highest BCUT2D eigenvalue weighted by Crippen LogP contribution is 2.65. The number of nitrogens with one attached hydrogen (secondary N) is 1. The molecule has 2 unspecified atom stereocenters. The third kappa shape index (κ3) is 2.77. The van der Waals surface area contributed by atoms with Crippen molar-refractivity contribution in [2.75, 3.05) is 20.1 Å². The van der Waals surface area contributed by atoms with E-state index in [0.29, 0.717) is 37.2 Å². The van der Waals surface area contributed by atoms with Crippen molar-refractivity contribution in [3.05, 3.63) is 35.1 Å². The van der Waals surface area contributed by atoms with E-state index in [9.17, 15) is 19.8 Å². The highest BCUT2D eigenvalue weighted by molar-refractivity contribution is 5.82. The maximum absolute atomic E-state index is 12.9. The lowest BCUT2D eigenvalue weighted by molar-refractivity contribution is -0.176. The zero-order valence-corrected chi connectivity index (χ0v) is 19.4. The topological polar surface area (TPSA) is 118 Å². The summed E-state index contributed by atoms with van der Waals surface area (Å²) in [5.74, 6) is -0.483. The Balaban J connectivity index is 1.31. The molecule has 9 heteroatoms. The Bertz CT molecular complexity index is 1100. The summed E-state index contributed by atoms with van der Waals surface area (Å²) in [5, 5.41) is 25.8. The summed E-state index contributed by atoms with van der Waals surface area (Å²) in [5.41, 5.74) is -0.0869. The van der Waals surface area contributed by atoms with Crippen LogP contribution in [0, 0.1) is 0 Å². The van der Waals surface area contributed by atoms with Crippen LogP contribution in [0.25, 0.3) is 0 Å². The molecular formula is C25H30N2O7. The van der Waals surface area contributed by atoms with Gasteiger partial charge in [0.25, 0.3) is 0 Å². The first-order valence-electron chi connectivity index (χ1n) is 12.1. The first kappa shape index (κ1) is 21.9. The van der Waals surface area contributed by atoms with E-state index in [1.54, 1.807) is 12.1 Å². The number of benzene rings is 1. The molecule has 6 rings (SSSR count). The Kier molecular flexibility index (Phi) is 4.79. The maximum atomic E-state index is 12.9. The molecule has 9 nitrogen and oxygen atoms in total. The number of hydrogen-bond donors (Lipinski definition) is 3. The van der Waals surface area contributed by atoms with E-state index in [-0.39, 0.29) is 11.8 Å². The second-order valence-electron chi connectivity index (χ2n) is 10.3. The van der Waals surface area contributed by atoms with E-state index in [1.165, 1.54) is 6.92 Å².